The maximum Gasteiger partial charge on any atom is 0.244 e. The van der Waals surface area contributed by atoms with Gasteiger partial charge in [-0.15, -0.1) is 0 Å². The van der Waals surface area contributed by atoms with Crippen LogP contribution in [-0.2, 0) is 23.1 Å². The lowest BCUT2D eigenvalue weighted by atomic mass is 10.1. The zero-order valence-electron chi connectivity index (χ0n) is 18.3. The number of rotatable bonds is 8. The Morgan fingerprint density at radius 1 is 0.969 bits per heavy atom. The van der Waals surface area contributed by atoms with Gasteiger partial charge in [0.15, 0.2) is 0 Å². The molecule has 1 aliphatic rings. The molecule has 0 radical (unpaired) electrons. The van der Waals surface area contributed by atoms with Crippen molar-refractivity contribution in [1.29, 1.82) is 0 Å². The zero-order chi connectivity index (χ0) is 22.4. The molecule has 0 N–H and O–H groups in total. The van der Waals surface area contributed by atoms with Crippen LogP contribution in [0.15, 0.2) is 84.0 Å². The third-order valence-electron chi connectivity index (χ3n) is 5.89. The van der Waals surface area contributed by atoms with Gasteiger partial charge in [-0.05, 0) is 66.8 Å². The minimum atomic E-state index is -3.73. The van der Waals surface area contributed by atoms with Crippen LogP contribution in [0.5, 0.6) is 5.75 Å². The quantitative estimate of drug-likeness (QED) is 0.511. The van der Waals surface area contributed by atoms with Crippen LogP contribution in [-0.4, -0.2) is 42.4 Å². The van der Waals surface area contributed by atoms with Crippen molar-refractivity contribution >= 4 is 10.0 Å². The van der Waals surface area contributed by atoms with Crippen LogP contribution < -0.4 is 4.74 Å². The van der Waals surface area contributed by atoms with Crippen molar-refractivity contribution in [1.82, 2.24) is 14.2 Å². The lowest BCUT2D eigenvalue weighted by molar-refractivity contribution is 0.0531. The smallest absolute Gasteiger partial charge is 0.244 e. The molecule has 1 fully saturated rings. The van der Waals surface area contributed by atoms with E-state index >= 15 is 0 Å². The number of piperidine rings is 1. The third-order valence-corrected chi connectivity index (χ3v) is 7.75. The maximum atomic E-state index is 13.9. The number of methoxy groups -OCH3 is 1. The first-order chi connectivity index (χ1) is 15.6. The molecule has 0 spiro atoms. The minimum Gasteiger partial charge on any atom is -0.497 e. The van der Waals surface area contributed by atoms with Crippen LogP contribution in [0.3, 0.4) is 0 Å². The molecular formula is C25H29N3O3S. The fraction of sp³-hybridized carbons (Fsp3) is 0.320. The second kappa shape index (κ2) is 10.3. The minimum absolute atomic E-state index is 0.218. The average Bonchev–Trinajstić information content (AvgIpc) is 2.84. The summed E-state index contributed by atoms with van der Waals surface area (Å²) in [5.41, 5.74) is 2.10. The summed E-state index contributed by atoms with van der Waals surface area (Å²) in [6.07, 6.45) is 6.20. The summed E-state index contributed by atoms with van der Waals surface area (Å²) >= 11 is 0. The van der Waals surface area contributed by atoms with E-state index in [-0.39, 0.29) is 11.1 Å². The third kappa shape index (κ3) is 5.18. The van der Waals surface area contributed by atoms with Gasteiger partial charge in [-0.25, -0.2) is 8.42 Å². The van der Waals surface area contributed by atoms with E-state index in [1.807, 2.05) is 42.5 Å². The van der Waals surface area contributed by atoms with Gasteiger partial charge < -0.3 is 4.74 Å². The molecule has 2 heterocycles. The zero-order valence-corrected chi connectivity index (χ0v) is 19.1. The van der Waals surface area contributed by atoms with Gasteiger partial charge in [0.05, 0.1) is 18.2 Å². The molecule has 3 aromatic rings. The van der Waals surface area contributed by atoms with Gasteiger partial charge in [-0.1, -0.05) is 30.3 Å². The molecule has 0 bridgehead atoms. The lowest BCUT2D eigenvalue weighted by Gasteiger charge is -2.42. The maximum absolute atomic E-state index is 13.9. The number of ether oxygens (including phenoxy) is 1. The summed E-state index contributed by atoms with van der Waals surface area (Å²) in [6, 6.07) is 20.4. The Bertz CT molecular complexity index is 1090. The van der Waals surface area contributed by atoms with Gasteiger partial charge in [0.1, 0.15) is 5.75 Å². The van der Waals surface area contributed by atoms with Gasteiger partial charge in [-0.2, -0.15) is 4.31 Å². The number of hydrogen-bond donors (Lipinski definition) is 0. The fourth-order valence-electron chi connectivity index (χ4n) is 4.20. The predicted octanol–water partition coefficient (Wildman–Crippen LogP) is 4.29. The largest absolute Gasteiger partial charge is 0.497 e. The molecule has 168 valence electrons. The van der Waals surface area contributed by atoms with E-state index in [9.17, 15) is 8.42 Å². The molecule has 7 heteroatoms. The number of likely N-dealkylation sites (tertiary alicyclic amines) is 1. The van der Waals surface area contributed by atoms with Gasteiger partial charge in [0.25, 0.3) is 0 Å². The second-order valence-corrected chi connectivity index (χ2v) is 9.90. The molecule has 32 heavy (non-hydrogen) atoms. The second-order valence-electron chi connectivity index (χ2n) is 8.01. The van der Waals surface area contributed by atoms with Crippen LogP contribution >= 0.6 is 0 Å². The number of pyridine rings is 1. The summed E-state index contributed by atoms with van der Waals surface area (Å²) in [7, 11) is -2.15. The van der Waals surface area contributed by atoms with E-state index in [1.54, 1.807) is 48.1 Å². The van der Waals surface area contributed by atoms with E-state index in [1.165, 1.54) is 0 Å². The highest BCUT2D eigenvalue weighted by Gasteiger charge is 2.36. The Labute approximate surface area is 190 Å². The summed E-state index contributed by atoms with van der Waals surface area (Å²) in [4.78, 5) is 6.67. The standard InChI is InChI=1S/C25H29N3O3S/c1-31-23-10-12-24(13-11-23)32(29,30)28(20-21-7-3-2-4-8-21)25-9-5-6-18-27(25)19-22-14-16-26-17-15-22/h2-4,7-8,10-17,25H,5-6,9,18-20H2,1H3. The van der Waals surface area contributed by atoms with Crippen LogP contribution in [0.2, 0.25) is 0 Å². The molecule has 1 atom stereocenters. The molecule has 1 aliphatic heterocycles. The summed E-state index contributed by atoms with van der Waals surface area (Å²) in [5.74, 6) is 0.635. The van der Waals surface area contributed by atoms with E-state index in [0.29, 0.717) is 18.8 Å². The number of nitrogens with zero attached hydrogens (tertiary/aromatic N) is 3. The van der Waals surface area contributed by atoms with Gasteiger partial charge in [-0.3, -0.25) is 9.88 Å². The number of sulfonamides is 1. The van der Waals surface area contributed by atoms with Crippen LogP contribution in [0.4, 0.5) is 0 Å². The molecule has 6 nitrogen and oxygen atoms in total. The number of benzene rings is 2. The average molecular weight is 452 g/mol. The van der Waals surface area contributed by atoms with Gasteiger partial charge in [0.2, 0.25) is 10.0 Å². The number of aromatic nitrogens is 1. The molecular weight excluding hydrogens is 422 g/mol. The van der Waals surface area contributed by atoms with Crippen molar-refractivity contribution in [3.05, 3.63) is 90.3 Å². The SMILES string of the molecule is COc1ccc(S(=O)(=O)N(Cc2ccccc2)C2CCCCN2Cc2ccncc2)cc1. The van der Waals surface area contributed by atoms with Crippen molar-refractivity contribution < 1.29 is 13.2 Å². The van der Waals surface area contributed by atoms with Crippen molar-refractivity contribution in [2.24, 2.45) is 0 Å². The molecule has 2 aromatic carbocycles. The van der Waals surface area contributed by atoms with Crippen LogP contribution in [0.25, 0.3) is 0 Å². The predicted molar refractivity (Wildman–Crippen MR) is 124 cm³/mol. The fourth-order valence-corrected chi connectivity index (χ4v) is 5.83. The Hall–Kier alpha value is -2.74. The summed E-state index contributed by atoms with van der Waals surface area (Å²) in [6.45, 7) is 1.87. The normalized spacial score (nSPS) is 17.4. The van der Waals surface area contributed by atoms with Crippen molar-refractivity contribution in [2.75, 3.05) is 13.7 Å². The molecule has 1 unspecified atom stereocenters. The van der Waals surface area contributed by atoms with Crippen LogP contribution in [0.1, 0.15) is 30.4 Å². The molecule has 1 aromatic heterocycles. The van der Waals surface area contributed by atoms with E-state index in [0.717, 1.165) is 36.9 Å². The summed E-state index contributed by atoms with van der Waals surface area (Å²) in [5, 5.41) is 0. The van der Waals surface area contributed by atoms with E-state index in [2.05, 4.69) is 9.88 Å². The van der Waals surface area contributed by atoms with Crippen molar-refractivity contribution in [3.63, 3.8) is 0 Å². The molecule has 1 saturated heterocycles. The highest BCUT2D eigenvalue weighted by Crippen LogP contribution is 2.30. The Morgan fingerprint density at radius 3 is 2.38 bits per heavy atom. The highest BCUT2D eigenvalue weighted by molar-refractivity contribution is 7.89. The first-order valence-electron chi connectivity index (χ1n) is 10.9. The van der Waals surface area contributed by atoms with Gasteiger partial charge >= 0.3 is 0 Å². The van der Waals surface area contributed by atoms with Crippen molar-refractivity contribution in [2.45, 2.75) is 43.4 Å². The van der Waals surface area contributed by atoms with E-state index < -0.39 is 10.0 Å². The Kier molecular flexibility index (Phi) is 7.19. The lowest BCUT2D eigenvalue weighted by Crippen LogP contribution is -2.52. The first kappa shape index (κ1) is 22.5. The molecule has 0 amide bonds. The highest BCUT2D eigenvalue weighted by atomic mass is 32.2. The van der Waals surface area contributed by atoms with E-state index in [4.69, 9.17) is 4.74 Å². The Balaban J connectivity index is 1.70. The molecule has 4 rings (SSSR count). The summed E-state index contributed by atoms with van der Waals surface area (Å²) < 4.78 is 34.7. The van der Waals surface area contributed by atoms with Gasteiger partial charge in [0, 0.05) is 32.0 Å². The number of hydrogen-bond acceptors (Lipinski definition) is 5. The monoisotopic (exact) mass is 451 g/mol. The molecule has 0 saturated carbocycles. The first-order valence-corrected chi connectivity index (χ1v) is 12.3. The topological polar surface area (TPSA) is 62.7 Å². The van der Waals surface area contributed by atoms with Crippen molar-refractivity contribution in [3.8, 4) is 5.75 Å². The molecule has 0 aliphatic carbocycles. The van der Waals surface area contributed by atoms with Crippen LogP contribution in [0, 0.1) is 0 Å². The Morgan fingerprint density at radius 2 is 1.69 bits per heavy atom.